The Morgan fingerprint density at radius 1 is 1.54 bits per heavy atom. The number of nitrogens with one attached hydrogen (secondary N) is 1. The van der Waals surface area contributed by atoms with Gasteiger partial charge in [-0.25, -0.2) is 4.79 Å². The Morgan fingerprint density at radius 3 is 2.77 bits per heavy atom. The van der Waals surface area contributed by atoms with Gasteiger partial charge >= 0.3 is 5.97 Å². The van der Waals surface area contributed by atoms with Crippen LogP contribution in [0.5, 0.6) is 0 Å². The van der Waals surface area contributed by atoms with Crippen LogP contribution in [0.3, 0.4) is 0 Å². The van der Waals surface area contributed by atoms with Gasteiger partial charge in [0.05, 0.1) is 5.56 Å². The fraction of sp³-hybridized carbons (Fsp3) is 0.111. The van der Waals surface area contributed by atoms with E-state index in [0.717, 1.165) is 5.56 Å². The molecule has 0 radical (unpaired) electrons. The van der Waals surface area contributed by atoms with E-state index >= 15 is 0 Å². The maximum atomic E-state index is 10.6. The Balaban J connectivity index is 3.10. The fourth-order valence-electron chi connectivity index (χ4n) is 0.974. The molecule has 0 aliphatic heterocycles. The zero-order valence-corrected chi connectivity index (χ0v) is 7.07. The molecule has 1 aromatic carbocycles. The van der Waals surface area contributed by atoms with Crippen LogP contribution in [-0.2, 0) is 4.79 Å². The molecule has 0 heterocycles. The largest absolute Gasteiger partial charge is 0.478 e. The second kappa shape index (κ2) is 3.71. The van der Waals surface area contributed by atoms with E-state index < -0.39 is 5.97 Å². The van der Waals surface area contributed by atoms with Gasteiger partial charge in [-0.15, -0.1) is 0 Å². The summed E-state index contributed by atoms with van der Waals surface area (Å²) in [5.74, 6) is -1.01. The summed E-state index contributed by atoms with van der Waals surface area (Å²) in [4.78, 5) is 20.7. The summed E-state index contributed by atoms with van der Waals surface area (Å²) in [6.45, 7) is 1.79. The number of hydrogen-bond acceptors (Lipinski definition) is 2. The minimum Gasteiger partial charge on any atom is -0.478 e. The van der Waals surface area contributed by atoms with Crippen LogP contribution in [0.1, 0.15) is 15.9 Å². The molecule has 0 aliphatic carbocycles. The van der Waals surface area contributed by atoms with Crippen LogP contribution in [0.4, 0.5) is 5.69 Å². The first-order valence-corrected chi connectivity index (χ1v) is 3.69. The molecule has 0 aliphatic rings. The zero-order chi connectivity index (χ0) is 9.84. The highest BCUT2D eigenvalue weighted by Crippen LogP contribution is 2.15. The summed E-state index contributed by atoms with van der Waals surface area (Å²) in [7, 11) is 0. The lowest BCUT2D eigenvalue weighted by atomic mass is 10.1. The second-order valence-electron chi connectivity index (χ2n) is 2.60. The molecule has 0 spiro atoms. The summed E-state index contributed by atoms with van der Waals surface area (Å²) in [5.41, 5.74) is 1.52. The molecule has 4 heteroatoms. The number of carboxylic acid groups (broad SMARTS) is 1. The monoisotopic (exact) mass is 179 g/mol. The molecule has 0 saturated heterocycles. The van der Waals surface area contributed by atoms with Gasteiger partial charge in [0, 0.05) is 5.69 Å². The van der Waals surface area contributed by atoms with Gasteiger partial charge in [0.1, 0.15) is 0 Å². The van der Waals surface area contributed by atoms with Gasteiger partial charge in [0.2, 0.25) is 6.41 Å². The molecule has 1 amide bonds. The average molecular weight is 179 g/mol. The van der Waals surface area contributed by atoms with Gasteiger partial charge in [0.25, 0.3) is 0 Å². The zero-order valence-electron chi connectivity index (χ0n) is 7.07. The summed E-state index contributed by atoms with van der Waals surface area (Å²) < 4.78 is 0. The van der Waals surface area contributed by atoms with Crippen LogP contribution in [0.2, 0.25) is 0 Å². The minimum atomic E-state index is -1.01. The first-order valence-electron chi connectivity index (χ1n) is 3.69. The quantitative estimate of drug-likeness (QED) is 0.686. The summed E-state index contributed by atoms with van der Waals surface area (Å²) in [6.07, 6.45) is 0.522. The van der Waals surface area contributed by atoms with Gasteiger partial charge in [-0.1, -0.05) is 6.07 Å². The van der Waals surface area contributed by atoms with E-state index in [2.05, 4.69) is 5.32 Å². The van der Waals surface area contributed by atoms with Crippen LogP contribution in [0, 0.1) is 6.92 Å². The predicted octanol–water partition coefficient (Wildman–Crippen LogP) is 1.26. The lowest BCUT2D eigenvalue weighted by Crippen LogP contribution is -2.01. The summed E-state index contributed by atoms with van der Waals surface area (Å²) in [6, 6.07) is 4.56. The number of hydrogen-bond donors (Lipinski definition) is 2. The molecule has 2 N–H and O–H groups in total. The molecule has 0 unspecified atom stereocenters. The van der Waals surface area contributed by atoms with Gasteiger partial charge < -0.3 is 10.4 Å². The maximum absolute atomic E-state index is 10.6. The number of aryl methyl sites for hydroxylation is 1. The van der Waals surface area contributed by atoms with Crippen LogP contribution in [0.15, 0.2) is 18.2 Å². The van der Waals surface area contributed by atoms with Crippen molar-refractivity contribution in [3.05, 3.63) is 29.3 Å². The molecule has 13 heavy (non-hydrogen) atoms. The number of rotatable bonds is 3. The van der Waals surface area contributed by atoms with Gasteiger partial charge in [-0.3, -0.25) is 4.79 Å². The Hall–Kier alpha value is -1.84. The van der Waals surface area contributed by atoms with Gasteiger partial charge in [-0.2, -0.15) is 0 Å². The van der Waals surface area contributed by atoms with Crippen LogP contribution < -0.4 is 5.32 Å². The van der Waals surface area contributed by atoms with E-state index in [1.807, 2.05) is 0 Å². The lowest BCUT2D eigenvalue weighted by molar-refractivity contribution is -0.105. The molecule has 0 fully saturated rings. The molecule has 0 atom stereocenters. The highest BCUT2D eigenvalue weighted by atomic mass is 16.4. The van der Waals surface area contributed by atoms with Crippen molar-refractivity contribution in [2.75, 3.05) is 5.32 Å². The number of carboxylic acids is 1. The minimum absolute atomic E-state index is 0.162. The molecule has 1 rings (SSSR count). The van der Waals surface area contributed by atoms with E-state index in [-0.39, 0.29) is 5.56 Å². The third-order valence-corrected chi connectivity index (χ3v) is 1.70. The van der Waals surface area contributed by atoms with E-state index in [1.165, 1.54) is 12.1 Å². The molecule has 1 aromatic rings. The van der Waals surface area contributed by atoms with Crippen LogP contribution in [-0.4, -0.2) is 17.5 Å². The van der Waals surface area contributed by atoms with Crippen molar-refractivity contribution >= 4 is 18.1 Å². The highest BCUT2D eigenvalue weighted by molar-refractivity contribution is 5.90. The van der Waals surface area contributed by atoms with Crippen molar-refractivity contribution < 1.29 is 14.7 Å². The van der Waals surface area contributed by atoms with E-state index in [9.17, 15) is 9.59 Å². The van der Waals surface area contributed by atoms with Crippen molar-refractivity contribution in [1.29, 1.82) is 0 Å². The topological polar surface area (TPSA) is 66.4 Å². The predicted molar refractivity (Wildman–Crippen MR) is 47.8 cm³/mol. The second-order valence-corrected chi connectivity index (χ2v) is 2.60. The first kappa shape index (κ1) is 9.25. The third-order valence-electron chi connectivity index (χ3n) is 1.70. The van der Waals surface area contributed by atoms with Gasteiger partial charge in [-0.05, 0) is 24.6 Å². The van der Waals surface area contributed by atoms with Crippen molar-refractivity contribution in [2.24, 2.45) is 0 Å². The van der Waals surface area contributed by atoms with E-state index in [0.29, 0.717) is 12.1 Å². The first-order chi connectivity index (χ1) is 6.15. The lowest BCUT2D eigenvalue weighted by Gasteiger charge is -2.04. The summed E-state index contributed by atoms with van der Waals surface area (Å²) >= 11 is 0. The van der Waals surface area contributed by atoms with Gasteiger partial charge in [0.15, 0.2) is 0 Å². The van der Waals surface area contributed by atoms with Crippen LogP contribution in [0.25, 0.3) is 0 Å². The number of carbonyl (C=O) groups is 2. The average Bonchev–Trinajstić information content (AvgIpc) is 2.08. The molecule has 0 bridgehead atoms. The molecule has 0 saturated carbocycles. The number of carbonyl (C=O) groups excluding carboxylic acids is 1. The Labute approximate surface area is 75.2 Å². The fourth-order valence-corrected chi connectivity index (χ4v) is 0.974. The van der Waals surface area contributed by atoms with Crippen molar-refractivity contribution in [2.45, 2.75) is 6.92 Å². The Kier molecular flexibility index (Phi) is 2.64. The Morgan fingerprint density at radius 2 is 2.23 bits per heavy atom. The smallest absolute Gasteiger partial charge is 0.335 e. The number of aromatic carboxylic acids is 1. The van der Waals surface area contributed by atoms with E-state index in [1.54, 1.807) is 13.0 Å². The van der Waals surface area contributed by atoms with Crippen molar-refractivity contribution in [3.63, 3.8) is 0 Å². The van der Waals surface area contributed by atoms with Crippen molar-refractivity contribution in [3.8, 4) is 0 Å². The summed E-state index contributed by atoms with van der Waals surface area (Å²) in [5, 5.41) is 11.1. The third kappa shape index (κ3) is 2.05. The molecule has 0 aromatic heterocycles. The van der Waals surface area contributed by atoms with Crippen LogP contribution >= 0.6 is 0 Å². The number of benzene rings is 1. The SMILES string of the molecule is Cc1ccc(C(=O)O)cc1NC=O. The molecular weight excluding hydrogens is 170 g/mol. The maximum Gasteiger partial charge on any atom is 0.335 e. The number of amides is 1. The van der Waals surface area contributed by atoms with Crippen molar-refractivity contribution in [1.82, 2.24) is 0 Å². The highest BCUT2D eigenvalue weighted by Gasteiger charge is 2.04. The Bertz CT molecular complexity index is 347. The normalized spacial score (nSPS) is 9.31. The molecular formula is C9H9NO3. The molecule has 4 nitrogen and oxygen atoms in total. The van der Waals surface area contributed by atoms with E-state index in [4.69, 9.17) is 5.11 Å². The standard InChI is InChI=1S/C9H9NO3/c1-6-2-3-7(9(12)13)4-8(6)10-5-11/h2-5H,1H3,(H,10,11)(H,12,13). The number of anilines is 1. The molecule has 68 valence electrons.